The standard InChI is InChI=1S/C17H26N2O3.ClH/c1-2-21-15-6-3-4-7-16(15)22-13-5-8-17(20)19-14-9-11-18-12-10-14;/h3-4,6-7,14,18H,2,5,8-13H2,1H3,(H,19,20);1H. The van der Waals surface area contributed by atoms with E-state index in [2.05, 4.69) is 10.6 Å². The van der Waals surface area contributed by atoms with Crippen molar-refractivity contribution in [3.05, 3.63) is 24.3 Å². The van der Waals surface area contributed by atoms with Crippen LogP contribution in [0.3, 0.4) is 0 Å². The van der Waals surface area contributed by atoms with Gasteiger partial charge >= 0.3 is 0 Å². The van der Waals surface area contributed by atoms with Crippen molar-refractivity contribution in [3.63, 3.8) is 0 Å². The molecular formula is C17H27ClN2O3. The summed E-state index contributed by atoms with van der Waals surface area (Å²) in [4.78, 5) is 11.9. The molecule has 0 spiro atoms. The van der Waals surface area contributed by atoms with Crippen LogP contribution < -0.4 is 20.1 Å². The van der Waals surface area contributed by atoms with Gasteiger partial charge in [-0.3, -0.25) is 4.79 Å². The zero-order chi connectivity index (χ0) is 15.6. The first-order valence-electron chi connectivity index (χ1n) is 8.14. The molecule has 1 heterocycles. The molecule has 1 amide bonds. The van der Waals surface area contributed by atoms with Crippen molar-refractivity contribution in [2.75, 3.05) is 26.3 Å². The van der Waals surface area contributed by atoms with Gasteiger partial charge in [-0.1, -0.05) is 12.1 Å². The van der Waals surface area contributed by atoms with Crippen molar-refractivity contribution < 1.29 is 14.3 Å². The second-order valence-electron chi connectivity index (χ2n) is 5.42. The molecule has 1 aromatic carbocycles. The van der Waals surface area contributed by atoms with Crippen LogP contribution in [0.4, 0.5) is 0 Å². The number of benzene rings is 1. The Bertz CT molecular complexity index is 465. The van der Waals surface area contributed by atoms with Crippen molar-refractivity contribution in [2.24, 2.45) is 0 Å². The minimum Gasteiger partial charge on any atom is -0.490 e. The first-order chi connectivity index (χ1) is 10.8. The average molecular weight is 343 g/mol. The van der Waals surface area contributed by atoms with E-state index in [4.69, 9.17) is 9.47 Å². The van der Waals surface area contributed by atoms with Crippen molar-refractivity contribution in [3.8, 4) is 11.5 Å². The summed E-state index contributed by atoms with van der Waals surface area (Å²) in [5, 5.41) is 6.38. The number of carbonyl (C=O) groups is 1. The van der Waals surface area contributed by atoms with Crippen molar-refractivity contribution in [1.29, 1.82) is 0 Å². The van der Waals surface area contributed by atoms with Crippen LogP contribution in [0.15, 0.2) is 24.3 Å². The Labute approximate surface area is 144 Å². The van der Waals surface area contributed by atoms with E-state index >= 15 is 0 Å². The van der Waals surface area contributed by atoms with Gasteiger partial charge in [-0.2, -0.15) is 0 Å². The predicted octanol–water partition coefficient (Wildman–Crippen LogP) is 2.53. The second-order valence-corrected chi connectivity index (χ2v) is 5.42. The highest BCUT2D eigenvalue weighted by Crippen LogP contribution is 2.26. The quantitative estimate of drug-likeness (QED) is 0.713. The first-order valence-corrected chi connectivity index (χ1v) is 8.14. The lowest BCUT2D eigenvalue weighted by Gasteiger charge is -2.23. The summed E-state index contributed by atoms with van der Waals surface area (Å²) in [5.74, 6) is 1.61. The summed E-state index contributed by atoms with van der Waals surface area (Å²) < 4.78 is 11.2. The van der Waals surface area contributed by atoms with E-state index in [1.807, 2.05) is 31.2 Å². The molecule has 0 atom stereocenters. The molecule has 0 radical (unpaired) electrons. The number of piperidine rings is 1. The van der Waals surface area contributed by atoms with Crippen molar-refractivity contribution in [2.45, 2.75) is 38.6 Å². The normalized spacial score (nSPS) is 14.7. The maximum absolute atomic E-state index is 11.9. The van der Waals surface area contributed by atoms with Gasteiger partial charge in [0.15, 0.2) is 11.5 Å². The van der Waals surface area contributed by atoms with Gasteiger partial charge in [0.05, 0.1) is 13.2 Å². The summed E-state index contributed by atoms with van der Waals surface area (Å²) in [6, 6.07) is 7.95. The average Bonchev–Trinajstić information content (AvgIpc) is 2.54. The highest BCUT2D eigenvalue weighted by molar-refractivity contribution is 5.85. The zero-order valence-corrected chi connectivity index (χ0v) is 14.5. The Kier molecular flexibility index (Phi) is 9.48. The van der Waals surface area contributed by atoms with Gasteiger partial charge in [-0.15, -0.1) is 12.4 Å². The van der Waals surface area contributed by atoms with Crippen LogP contribution >= 0.6 is 12.4 Å². The van der Waals surface area contributed by atoms with Crippen molar-refractivity contribution in [1.82, 2.24) is 10.6 Å². The highest BCUT2D eigenvalue weighted by Gasteiger charge is 2.14. The molecule has 23 heavy (non-hydrogen) atoms. The summed E-state index contributed by atoms with van der Waals surface area (Å²) in [6.07, 6.45) is 3.24. The largest absolute Gasteiger partial charge is 0.490 e. The fourth-order valence-electron chi connectivity index (χ4n) is 2.53. The Morgan fingerprint density at radius 1 is 1.22 bits per heavy atom. The SMILES string of the molecule is CCOc1ccccc1OCCCC(=O)NC1CCNCC1.Cl. The maximum Gasteiger partial charge on any atom is 0.220 e. The Hall–Kier alpha value is -1.46. The van der Waals surface area contributed by atoms with Gasteiger partial charge in [0.1, 0.15) is 0 Å². The molecule has 5 nitrogen and oxygen atoms in total. The smallest absolute Gasteiger partial charge is 0.220 e. The van der Waals surface area contributed by atoms with E-state index < -0.39 is 0 Å². The zero-order valence-electron chi connectivity index (χ0n) is 13.7. The molecule has 0 saturated carbocycles. The van der Waals surface area contributed by atoms with Crippen LogP contribution in [-0.4, -0.2) is 38.3 Å². The molecule has 130 valence electrons. The number of carbonyl (C=O) groups excluding carboxylic acids is 1. The number of nitrogens with one attached hydrogen (secondary N) is 2. The third kappa shape index (κ3) is 7.10. The molecule has 6 heteroatoms. The number of para-hydroxylation sites is 2. The Morgan fingerprint density at radius 2 is 1.87 bits per heavy atom. The lowest BCUT2D eigenvalue weighted by atomic mass is 10.1. The van der Waals surface area contributed by atoms with E-state index in [1.54, 1.807) is 0 Å². The van der Waals surface area contributed by atoms with E-state index in [-0.39, 0.29) is 18.3 Å². The van der Waals surface area contributed by atoms with Gasteiger partial charge in [0.25, 0.3) is 0 Å². The Balaban J connectivity index is 0.00000264. The van der Waals surface area contributed by atoms with Gasteiger partial charge < -0.3 is 20.1 Å². The molecule has 1 aliphatic rings. The number of hydrogen-bond donors (Lipinski definition) is 2. The van der Waals surface area contributed by atoms with E-state index in [0.717, 1.165) is 37.4 Å². The number of ether oxygens (including phenoxy) is 2. The lowest BCUT2D eigenvalue weighted by molar-refractivity contribution is -0.122. The molecule has 0 unspecified atom stereocenters. The second kappa shape index (κ2) is 11.1. The number of amides is 1. The van der Waals surface area contributed by atoms with E-state index in [9.17, 15) is 4.79 Å². The molecular weight excluding hydrogens is 316 g/mol. The third-order valence-corrected chi connectivity index (χ3v) is 3.66. The van der Waals surface area contributed by atoms with E-state index in [0.29, 0.717) is 32.1 Å². The van der Waals surface area contributed by atoms with Crippen LogP contribution in [0, 0.1) is 0 Å². The topological polar surface area (TPSA) is 59.6 Å². The number of halogens is 1. The molecule has 1 aromatic rings. The summed E-state index contributed by atoms with van der Waals surface area (Å²) >= 11 is 0. The van der Waals surface area contributed by atoms with Gasteiger partial charge in [0, 0.05) is 12.5 Å². The monoisotopic (exact) mass is 342 g/mol. The molecule has 1 saturated heterocycles. The Morgan fingerprint density at radius 3 is 2.52 bits per heavy atom. The summed E-state index contributed by atoms with van der Waals surface area (Å²) in [7, 11) is 0. The van der Waals surface area contributed by atoms with Gasteiger partial charge in [-0.05, 0) is 51.4 Å². The lowest BCUT2D eigenvalue weighted by Crippen LogP contribution is -2.42. The molecule has 2 N–H and O–H groups in total. The molecule has 0 aliphatic carbocycles. The summed E-state index contributed by atoms with van der Waals surface area (Å²) in [5.41, 5.74) is 0. The minimum absolute atomic E-state index is 0. The molecule has 1 fully saturated rings. The fourth-order valence-corrected chi connectivity index (χ4v) is 2.53. The van der Waals surface area contributed by atoms with Crippen molar-refractivity contribution >= 4 is 18.3 Å². The van der Waals surface area contributed by atoms with Crippen LogP contribution in [0.25, 0.3) is 0 Å². The fraction of sp³-hybridized carbons (Fsp3) is 0.588. The van der Waals surface area contributed by atoms with Crippen LogP contribution in [0.5, 0.6) is 11.5 Å². The molecule has 0 bridgehead atoms. The van der Waals surface area contributed by atoms with Crippen LogP contribution in [0.1, 0.15) is 32.6 Å². The molecule has 1 aliphatic heterocycles. The first kappa shape index (κ1) is 19.6. The molecule has 0 aromatic heterocycles. The molecule has 2 rings (SSSR count). The maximum atomic E-state index is 11.9. The third-order valence-electron chi connectivity index (χ3n) is 3.66. The number of hydrogen-bond acceptors (Lipinski definition) is 4. The minimum atomic E-state index is 0. The van der Waals surface area contributed by atoms with Gasteiger partial charge in [0.2, 0.25) is 5.91 Å². The van der Waals surface area contributed by atoms with Crippen LogP contribution in [-0.2, 0) is 4.79 Å². The highest BCUT2D eigenvalue weighted by atomic mass is 35.5. The van der Waals surface area contributed by atoms with Gasteiger partial charge in [-0.25, -0.2) is 0 Å². The summed E-state index contributed by atoms with van der Waals surface area (Å²) in [6.45, 7) is 5.05. The van der Waals surface area contributed by atoms with E-state index in [1.165, 1.54) is 0 Å². The number of rotatable bonds is 8. The van der Waals surface area contributed by atoms with Crippen LogP contribution in [0.2, 0.25) is 0 Å². The predicted molar refractivity (Wildman–Crippen MR) is 93.6 cm³/mol.